The predicted octanol–water partition coefficient (Wildman–Crippen LogP) is -0.312. The Balaban J connectivity index is 2.79. The van der Waals surface area contributed by atoms with Gasteiger partial charge >= 0.3 is 0 Å². The minimum atomic E-state index is -0.157. The van der Waals surface area contributed by atoms with E-state index in [1.807, 2.05) is 0 Å². The number of hydrogen-bond donors (Lipinski definition) is 2. The van der Waals surface area contributed by atoms with Gasteiger partial charge in [0.05, 0.1) is 18.9 Å². The third-order valence-electron chi connectivity index (χ3n) is 2.47. The summed E-state index contributed by atoms with van der Waals surface area (Å²) in [5.41, 5.74) is 6.68. The van der Waals surface area contributed by atoms with Crippen LogP contribution < -0.4 is 5.73 Å². The van der Waals surface area contributed by atoms with Crippen LogP contribution in [0.2, 0.25) is 0 Å². The number of aryl methyl sites for hydroxylation is 1. The Labute approximate surface area is 101 Å². The minimum Gasteiger partial charge on any atom is -0.397 e. The molecule has 1 aromatic heterocycles. The molecule has 0 aliphatic rings. The highest BCUT2D eigenvalue weighted by molar-refractivity contribution is 5.93. The second-order valence-electron chi connectivity index (χ2n) is 3.78. The van der Waals surface area contributed by atoms with Crippen LogP contribution in [0.25, 0.3) is 0 Å². The Morgan fingerprint density at radius 2 is 2.29 bits per heavy atom. The summed E-state index contributed by atoms with van der Waals surface area (Å²) in [6, 6.07) is 1.62. The monoisotopic (exact) mass is 241 g/mol. The van der Waals surface area contributed by atoms with Gasteiger partial charge in [-0.2, -0.15) is 0 Å². The quantitative estimate of drug-likeness (QED) is 0.716. The Hall–Kier alpha value is -1.53. The fourth-order valence-electron chi connectivity index (χ4n) is 1.60. The molecule has 0 aromatic carbocycles. The zero-order chi connectivity index (χ0) is 12.8. The second-order valence-corrected chi connectivity index (χ2v) is 3.78. The van der Waals surface area contributed by atoms with Crippen LogP contribution >= 0.6 is 0 Å². The van der Waals surface area contributed by atoms with Crippen LogP contribution in [0.4, 0.5) is 5.69 Å². The fourth-order valence-corrected chi connectivity index (χ4v) is 1.60. The van der Waals surface area contributed by atoms with Gasteiger partial charge in [-0.3, -0.25) is 4.79 Å². The van der Waals surface area contributed by atoms with Gasteiger partial charge < -0.3 is 25.0 Å². The molecule has 6 heteroatoms. The molecule has 0 unspecified atom stereocenters. The number of aromatic nitrogens is 1. The summed E-state index contributed by atoms with van der Waals surface area (Å²) in [6.45, 7) is 1.09. The number of rotatable bonds is 6. The SMILES string of the molecule is COCCN(CCO)C(=O)c1cc(N)cn1C. The first-order valence-corrected chi connectivity index (χ1v) is 5.41. The van der Waals surface area contributed by atoms with E-state index in [0.29, 0.717) is 24.5 Å². The average Bonchev–Trinajstić information content (AvgIpc) is 2.63. The number of nitrogens with two attached hydrogens (primary N) is 1. The lowest BCUT2D eigenvalue weighted by molar-refractivity contribution is 0.0647. The number of carbonyl (C=O) groups excluding carboxylic acids is 1. The van der Waals surface area contributed by atoms with Crippen molar-refractivity contribution in [3.63, 3.8) is 0 Å². The zero-order valence-corrected chi connectivity index (χ0v) is 10.2. The first-order valence-electron chi connectivity index (χ1n) is 5.41. The van der Waals surface area contributed by atoms with Crippen molar-refractivity contribution < 1.29 is 14.6 Å². The standard InChI is InChI=1S/C11H19N3O3/c1-13-8-9(12)7-10(13)11(16)14(3-5-15)4-6-17-2/h7-8,15H,3-6,12H2,1-2H3. The van der Waals surface area contributed by atoms with Crippen molar-refractivity contribution in [2.24, 2.45) is 7.05 Å². The van der Waals surface area contributed by atoms with Crippen molar-refractivity contribution in [3.8, 4) is 0 Å². The van der Waals surface area contributed by atoms with E-state index in [4.69, 9.17) is 15.6 Å². The van der Waals surface area contributed by atoms with E-state index in [-0.39, 0.29) is 19.1 Å². The molecule has 0 aliphatic heterocycles. The topological polar surface area (TPSA) is 80.7 Å². The molecule has 0 atom stereocenters. The van der Waals surface area contributed by atoms with E-state index in [2.05, 4.69) is 0 Å². The zero-order valence-electron chi connectivity index (χ0n) is 10.2. The van der Waals surface area contributed by atoms with Crippen LogP contribution in [0.3, 0.4) is 0 Å². The molecule has 0 aliphatic carbocycles. The number of nitrogen functional groups attached to an aromatic ring is 1. The second kappa shape index (κ2) is 6.27. The summed E-state index contributed by atoms with van der Waals surface area (Å²) >= 11 is 0. The number of nitrogens with zero attached hydrogens (tertiary/aromatic N) is 2. The maximum Gasteiger partial charge on any atom is 0.270 e. The Morgan fingerprint density at radius 3 is 2.76 bits per heavy atom. The van der Waals surface area contributed by atoms with Gasteiger partial charge in [-0.15, -0.1) is 0 Å². The Bertz CT molecular complexity index is 376. The van der Waals surface area contributed by atoms with Gasteiger partial charge in [0.15, 0.2) is 0 Å². The molecule has 0 bridgehead atoms. The molecule has 0 saturated carbocycles. The lowest BCUT2D eigenvalue weighted by Gasteiger charge is -2.21. The van der Waals surface area contributed by atoms with Gasteiger partial charge in [0, 0.05) is 33.4 Å². The summed E-state index contributed by atoms with van der Waals surface area (Å²) in [5.74, 6) is -0.157. The van der Waals surface area contributed by atoms with Gasteiger partial charge in [0.2, 0.25) is 0 Å². The van der Waals surface area contributed by atoms with Gasteiger partial charge in [0.1, 0.15) is 5.69 Å². The molecule has 1 amide bonds. The smallest absolute Gasteiger partial charge is 0.270 e. The van der Waals surface area contributed by atoms with Gasteiger partial charge in [-0.1, -0.05) is 0 Å². The van der Waals surface area contributed by atoms with E-state index in [1.165, 1.54) is 4.90 Å². The van der Waals surface area contributed by atoms with E-state index < -0.39 is 0 Å². The van der Waals surface area contributed by atoms with Crippen LogP contribution in [-0.2, 0) is 11.8 Å². The van der Waals surface area contributed by atoms with E-state index >= 15 is 0 Å². The van der Waals surface area contributed by atoms with Crippen LogP contribution in [0, 0.1) is 0 Å². The number of aliphatic hydroxyl groups excluding tert-OH is 1. The van der Waals surface area contributed by atoms with Crippen LogP contribution in [0.15, 0.2) is 12.3 Å². The molecule has 0 fully saturated rings. The fraction of sp³-hybridized carbons (Fsp3) is 0.545. The van der Waals surface area contributed by atoms with E-state index in [9.17, 15) is 4.79 Å². The summed E-state index contributed by atoms with van der Waals surface area (Å²) in [4.78, 5) is 13.7. The first-order chi connectivity index (χ1) is 8.10. The third-order valence-corrected chi connectivity index (χ3v) is 2.47. The summed E-state index contributed by atoms with van der Waals surface area (Å²) in [6.07, 6.45) is 1.68. The average molecular weight is 241 g/mol. The van der Waals surface area contributed by atoms with Crippen LogP contribution in [-0.4, -0.2) is 53.9 Å². The van der Waals surface area contributed by atoms with Gasteiger partial charge in [-0.05, 0) is 6.07 Å². The first kappa shape index (κ1) is 13.5. The lowest BCUT2D eigenvalue weighted by atomic mass is 10.3. The molecule has 6 nitrogen and oxygen atoms in total. The molecule has 96 valence electrons. The van der Waals surface area contributed by atoms with Gasteiger partial charge in [-0.25, -0.2) is 0 Å². The highest BCUT2D eigenvalue weighted by atomic mass is 16.5. The predicted molar refractivity (Wildman–Crippen MR) is 64.7 cm³/mol. The van der Waals surface area contributed by atoms with Crippen molar-refractivity contribution in [2.45, 2.75) is 0 Å². The Kier molecular flexibility index (Phi) is 4.99. The Morgan fingerprint density at radius 1 is 1.59 bits per heavy atom. The number of carbonyl (C=O) groups is 1. The number of aliphatic hydroxyl groups is 1. The molecule has 0 spiro atoms. The normalized spacial score (nSPS) is 10.5. The molecular formula is C11H19N3O3. The molecule has 1 aromatic rings. The molecule has 0 saturated heterocycles. The summed E-state index contributed by atoms with van der Waals surface area (Å²) in [7, 11) is 3.33. The molecule has 3 N–H and O–H groups in total. The molecule has 1 rings (SSSR count). The molecular weight excluding hydrogens is 222 g/mol. The number of amides is 1. The lowest BCUT2D eigenvalue weighted by Crippen LogP contribution is -2.37. The van der Waals surface area contributed by atoms with Crippen molar-refractivity contribution >= 4 is 11.6 Å². The molecule has 0 radical (unpaired) electrons. The largest absolute Gasteiger partial charge is 0.397 e. The summed E-state index contributed by atoms with van der Waals surface area (Å²) < 4.78 is 6.61. The maximum absolute atomic E-state index is 12.2. The number of hydrogen-bond acceptors (Lipinski definition) is 4. The number of ether oxygens (including phenoxy) is 1. The highest BCUT2D eigenvalue weighted by Gasteiger charge is 2.18. The molecule has 1 heterocycles. The van der Waals surface area contributed by atoms with Gasteiger partial charge in [0.25, 0.3) is 5.91 Å². The highest BCUT2D eigenvalue weighted by Crippen LogP contribution is 2.11. The van der Waals surface area contributed by atoms with Crippen molar-refractivity contribution in [1.29, 1.82) is 0 Å². The van der Waals surface area contributed by atoms with Crippen LogP contribution in [0.5, 0.6) is 0 Å². The van der Waals surface area contributed by atoms with Crippen LogP contribution in [0.1, 0.15) is 10.5 Å². The van der Waals surface area contributed by atoms with Crippen molar-refractivity contribution in [3.05, 3.63) is 18.0 Å². The number of methoxy groups -OCH3 is 1. The minimum absolute atomic E-state index is 0.0740. The van der Waals surface area contributed by atoms with E-state index in [1.54, 1.807) is 31.0 Å². The number of anilines is 1. The molecule has 17 heavy (non-hydrogen) atoms. The maximum atomic E-state index is 12.2. The van der Waals surface area contributed by atoms with Crippen molar-refractivity contribution in [1.82, 2.24) is 9.47 Å². The van der Waals surface area contributed by atoms with Crippen molar-refractivity contribution in [2.75, 3.05) is 39.1 Å². The summed E-state index contributed by atoms with van der Waals surface area (Å²) in [5, 5.41) is 8.94. The third kappa shape index (κ3) is 3.47. The van der Waals surface area contributed by atoms with E-state index in [0.717, 1.165) is 0 Å².